The second-order valence-electron chi connectivity index (χ2n) is 12.7. The van der Waals surface area contributed by atoms with Gasteiger partial charge in [0.25, 0.3) is 0 Å². The van der Waals surface area contributed by atoms with Gasteiger partial charge in [0, 0.05) is 37.5 Å². The fourth-order valence-corrected chi connectivity index (χ4v) is 9.25. The molecule has 1 aromatic heterocycles. The quantitative estimate of drug-likeness (QED) is 0.390. The standard InChI is InChI=1S/C30H42F3N3O4/c1-28-13-11-23-21(7-5-19(16-30(31,32)33)29(23,18-39-2)12-4-14-37)22(28)8-9-24(28)27(38)17-36-34-25-10-6-20(40-3)15-26(25)35-36/h6,10,15,19,21-24,37H,4-5,7-9,11-14,16-18H2,1-3H3/t19-,21+,22+,23+,24-,28+,29-/m1/s1. The van der Waals surface area contributed by atoms with Gasteiger partial charge in [0.15, 0.2) is 5.78 Å². The molecule has 1 N–H and O–H groups in total. The molecule has 0 unspecified atom stereocenters. The van der Waals surface area contributed by atoms with Gasteiger partial charge in [-0.1, -0.05) is 6.92 Å². The van der Waals surface area contributed by atoms with Gasteiger partial charge in [0.2, 0.25) is 0 Å². The number of aliphatic hydroxyl groups excluding tert-OH is 1. The molecule has 3 saturated carbocycles. The number of nitrogens with zero attached hydrogens (tertiary/aromatic N) is 3. The highest BCUT2D eigenvalue weighted by Gasteiger charge is 2.62. The largest absolute Gasteiger partial charge is 0.497 e. The zero-order valence-electron chi connectivity index (χ0n) is 23.8. The van der Waals surface area contributed by atoms with Crippen LogP contribution in [0.1, 0.15) is 64.7 Å². The van der Waals surface area contributed by atoms with E-state index in [4.69, 9.17) is 9.47 Å². The number of alkyl halides is 3. The molecule has 2 aromatic rings. The van der Waals surface area contributed by atoms with E-state index in [1.165, 1.54) is 4.80 Å². The van der Waals surface area contributed by atoms with Crippen LogP contribution in [0.4, 0.5) is 13.2 Å². The van der Waals surface area contributed by atoms with Crippen molar-refractivity contribution in [3.8, 4) is 5.75 Å². The zero-order valence-corrected chi connectivity index (χ0v) is 23.8. The Morgan fingerprint density at radius 3 is 2.58 bits per heavy atom. The molecule has 0 aliphatic heterocycles. The Morgan fingerprint density at radius 2 is 1.88 bits per heavy atom. The van der Waals surface area contributed by atoms with E-state index in [1.807, 2.05) is 12.1 Å². The monoisotopic (exact) mass is 565 g/mol. The van der Waals surface area contributed by atoms with E-state index in [0.29, 0.717) is 36.0 Å². The SMILES string of the molecule is COC[C@]1(CCCO)[C@@H](CC(F)(F)F)CC[C@H]2[C@@H]3CC[C@H](C(=O)Cn4nc5ccc(OC)cc5n4)[C@@]3(C)CC[C@@H]21. The topological polar surface area (TPSA) is 86.5 Å². The maximum Gasteiger partial charge on any atom is 0.389 e. The van der Waals surface area contributed by atoms with E-state index in [1.54, 1.807) is 20.3 Å². The lowest BCUT2D eigenvalue weighted by atomic mass is 9.45. The van der Waals surface area contributed by atoms with Crippen LogP contribution in [-0.4, -0.2) is 59.5 Å². The second kappa shape index (κ2) is 11.2. The second-order valence-corrected chi connectivity index (χ2v) is 12.7. The highest BCUT2D eigenvalue weighted by atomic mass is 19.4. The van der Waals surface area contributed by atoms with Crippen LogP contribution in [0, 0.1) is 40.4 Å². The lowest BCUT2D eigenvalue weighted by molar-refractivity contribution is -0.191. The molecule has 3 fully saturated rings. The summed E-state index contributed by atoms with van der Waals surface area (Å²) in [6.45, 7) is 2.58. The third-order valence-corrected chi connectivity index (χ3v) is 10.8. The van der Waals surface area contributed by atoms with Gasteiger partial charge in [-0.25, -0.2) is 0 Å². The Morgan fingerprint density at radius 1 is 1.10 bits per heavy atom. The van der Waals surface area contributed by atoms with Crippen molar-refractivity contribution in [2.45, 2.75) is 77.4 Å². The molecule has 0 spiro atoms. The zero-order chi connectivity index (χ0) is 28.7. The summed E-state index contributed by atoms with van der Waals surface area (Å²) >= 11 is 0. The third kappa shape index (κ3) is 5.26. The first-order valence-corrected chi connectivity index (χ1v) is 14.6. The lowest BCUT2D eigenvalue weighted by Gasteiger charge is -2.60. The number of aliphatic hydroxyl groups is 1. The summed E-state index contributed by atoms with van der Waals surface area (Å²) in [5.74, 6) is 0.817. The molecule has 10 heteroatoms. The lowest BCUT2D eigenvalue weighted by Crippen LogP contribution is -2.55. The highest BCUT2D eigenvalue weighted by molar-refractivity contribution is 5.82. The average Bonchev–Trinajstić information content (AvgIpc) is 3.47. The molecule has 3 aliphatic rings. The summed E-state index contributed by atoms with van der Waals surface area (Å²) in [4.78, 5) is 15.2. The Labute approximate surface area is 233 Å². The molecule has 40 heavy (non-hydrogen) atoms. The highest BCUT2D eigenvalue weighted by Crippen LogP contribution is 2.67. The number of hydrogen-bond donors (Lipinski definition) is 1. The number of carbonyl (C=O) groups is 1. The van der Waals surface area contributed by atoms with Gasteiger partial charge in [-0.15, -0.1) is 0 Å². The molecule has 0 bridgehead atoms. The Balaban J connectivity index is 1.37. The third-order valence-electron chi connectivity index (χ3n) is 10.8. The molecule has 7 atom stereocenters. The summed E-state index contributed by atoms with van der Waals surface area (Å²) in [5, 5.41) is 18.7. The number of benzene rings is 1. The molecule has 222 valence electrons. The molecule has 0 saturated heterocycles. The summed E-state index contributed by atoms with van der Waals surface area (Å²) in [7, 11) is 3.17. The summed E-state index contributed by atoms with van der Waals surface area (Å²) in [6, 6.07) is 5.45. The first-order valence-electron chi connectivity index (χ1n) is 14.6. The van der Waals surface area contributed by atoms with Gasteiger partial charge in [-0.2, -0.15) is 28.2 Å². The van der Waals surface area contributed by atoms with E-state index in [9.17, 15) is 23.1 Å². The van der Waals surface area contributed by atoms with Crippen LogP contribution in [0.3, 0.4) is 0 Å². The Bertz CT molecular complexity index is 1200. The van der Waals surface area contributed by atoms with Crippen molar-refractivity contribution >= 4 is 16.8 Å². The molecule has 1 aromatic carbocycles. The molecule has 3 aliphatic carbocycles. The molecule has 7 nitrogen and oxygen atoms in total. The summed E-state index contributed by atoms with van der Waals surface area (Å²) < 4.78 is 52.1. The van der Waals surface area contributed by atoms with Crippen molar-refractivity contribution in [1.82, 2.24) is 15.0 Å². The van der Waals surface area contributed by atoms with Crippen LogP contribution >= 0.6 is 0 Å². The van der Waals surface area contributed by atoms with Crippen LogP contribution < -0.4 is 4.74 Å². The molecule has 0 radical (unpaired) electrons. The van der Waals surface area contributed by atoms with Crippen molar-refractivity contribution in [2.24, 2.45) is 40.4 Å². The van der Waals surface area contributed by atoms with E-state index in [0.717, 1.165) is 32.1 Å². The molecule has 1 heterocycles. The van der Waals surface area contributed by atoms with Crippen molar-refractivity contribution in [2.75, 3.05) is 27.4 Å². The fraction of sp³-hybridized carbons (Fsp3) is 0.767. The molecular formula is C30H42F3N3O4. The van der Waals surface area contributed by atoms with E-state index in [2.05, 4.69) is 17.1 Å². The fourth-order valence-electron chi connectivity index (χ4n) is 9.25. The van der Waals surface area contributed by atoms with E-state index < -0.39 is 23.9 Å². The minimum Gasteiger partial charge on any atom is -0.497 e. The smallest absolute Gasteiger partial charge is 0.389 e. The van der Waals surface area contributed by atoms with Crippen molar-refractivity contribution in [3.63, 3.8) is 0 Å². The minimum atomic E-state index is -4.24. The number of Topliss-reactive ketones (excluding diaryl/α,β-unsaturated/α-hetero) is 1. The average molecular weight is 566 g/mol. The first kappa shape index (κ1) is 29.3. The Kier molecular flexibility index (Phi) is 8.23. The number of ether oxygens (including phenoxy) is 2. The maximum absolute atomic E-state index is 13.7. The van der Waals surface area contributed by atoms with Gasteiger partial charge >= 0.3 is 6.18 Å². The van der Waals surface area contributed by atoms with Crippen LogP contribution in [0.25, 0.3) is 11.0 Å². The molecule has 0 amide bonds. The van der Waals surface area contributed by atoms with Gasteiger partial charge in [-0.05, 0) is 92.6 Å². The first-order chi connectivity index (χ1) is 19.0. The van der Waals surface area contributed by atoms with Crippen molar-refractivity contribution < 1.29 is 32.5 Å². The number of hydrogen-bond acceptors (Lipinski definition) is 6. The predicted octanol–water partition coefficient (Wildman–Crippen LogP) is 5.84. The molecule has 5 rings (SSSR count). The van der Waals surface area contributed by atoms with Crippen molar-refractivity contribution in [3.05, 3.63) is 18.2 Å². The van der Waals surface area contributed by atoms with E-state index >= 15 is 0 Å². The Hall–Kier alpha value is -2.20. The van der Waals surface area contributed by atoms with E-state index in [-0.39, 0.29) is 54.6 Å². The number of halogens is 3. The van der Waals surface area contributed by atoms with Gasteiger partial charge < -0.3 is 14.6 Å². The van der Waals surface area contributed by atoms with Crippen LogP contribution in [0.15, 0.2) is 18.2 Å². The normalized spacial score (nSPS) is 34.0. The van der Waals surface area contributed by atoms with Crippen molar-refractivity contribution in [1.29, 1.82) is 0 Å². The summed E-state index contributed by atoms with van der Waals surface area (Å²) in [6.07, 6.45) is 0.531. The number of methoxy groups -OCH3 is 2. The minimum absolute atomic E-state index is 0.0391. The van der Waals surface area contributed by atoms with Crippen LogP contribution in [0.2, 0.25) is 0 Å². The number of carbonyl (C=O) groups excluding carboxylic acids is 1. The van der Waals surface area contributed by atoms with Crippen LogP contribution in [0.5, 0.6) is 5.75 Å². The number of aromatic nitrogens is 3. The number of rotatable bonds is 10. The number of ketones is 1. The number of fused-ring (bicyclic) bond motifs is 4. The predicted molar refractivity (Wildman–Crippen MR) is 144 cm³/mol. The van der Waals surface area contributed by atoms with Gasteiger partial charge in [0.1, 0.15) is 23.3 Å². The van der Waals surface area contributed by atoms with Gasteiger partial charge in [0.05, 0.1) is 13.7 Å². The van der Waals surface area contributed by atoms with Crippen LogP contribution in [-0.2, 0) is 16.1 Å². The van der Waals surface area contributed by atoms with Gasteiger partial charge in [-0.3, -0.25) is 4.79 Å². The molecular weight excluding hydrogens is 523 g/mol. The maximum atomic E-state index is 13.7. The summed E-state index contributed by atoms with van der Waals surface area (Å²) in [5.41, 5.74) is 0.578.